The molecule has 0 aromatic heterocycles. The second-order valence-corrected chi connectivity index (χ2v) is 7.92. The number of benzene rings is 2. The highest BCUT2D eigenvalue weighted by molar-refractivity contribution is 9.10. The van der Waals surface area contributed by atoms with Gasteiger partial charge in [-0.05, 0) is 46.3 Å². The molecule has 3 rings (SSSR count). The summed E-state index contributed by atoms with van der Waals surface area (Å²) in [5, 5.41) is 0. The van der Waals surface area contributed by atoms with Gasteiger partial charge in [0.1, 0.15) is 11.5 Å². The van der Waals surface area contributed by atoms with Crippen molar-refractivity contribution in [1.82, 2.24) is 4.90 Å². The van der Waals surface area contributed by atoms with Gasteiger partial charge in [0.25, 0.3) is 0 Å². The molecule has 1 saturated heterocycles. The molecule has 0 bridgehead atoms. The summed E-state index contributed by atoms with van der Waals surface area (Å²) in [6.45, 7) is 1.80. The molecule has 30 heavy (non-hydrogen) atoms. The normalized spacial score (nSPS) is 13.9. The zero-order chi connectivity index (χ0) is 21.3. The number of amides is 1. The lowest BCUT2D eigenvalue weighted by Gasteiger charge is -2.28. The predicted octanol–water partition coefficient (Wildman–Crippen LogP) is 4.64. The highest BCUT2D eigenvalue weighted by atomic mass is 79.9. The standard InChI is InChI=1S/C23H28BrNO5/c1-27-15-29-19-14-20(30-16-28-2)23(24)18(22(19)17-9-5-3-6-10-17)13-21(26)25-11-7-4-8-12-25/h3,5-6,9-10,14H,4,7-8,11-13,15-16H2,1-2H3. The lowest BCUT2D eigenvalue weighted by Crippen LogP contribution is -2.36. The summed E-state index contributed by atoms with van der Waals surface area (Å²) < 4.78 is 22.6. The number of likely N-dealkylation sites (tertiary alicyclic amines) is 1. The summed E-state index contributed by atoms with van der Waals surface area (Å²) in [5.74, 6) is 1.26. The van der Waals surface area contributed by atoms with E-state index in [4.69, 9.17) is 18.9 Å². The number of nitrogens with zero attached hydrogens (tertiary/aromatic N) is 1. The summed E-state index contributed by atoms with van der Waals surface area (Å²) in [6, 6.07) is 11.7. The molecule has 0 aliphatic carbocycles. The van der Waals surface area contributed by atoms with Gasteiger partial charge in [0, 0.05) is 38.9 Å². The summed E-state index contributed by atoms with van der Waals surface area (Å²) in [7, 11) is 3.14. The van der Waals surface area contributed by atoms with E-state index in [0.29, 0.717) is 11.5 Å². The molecule has 0 spiro atoms. The molecule has 2 aromatic rings. The summed E-state index contributed by atoms with van der Waals surface area (Å²) in [4.78, 5) is 15.1. The van der Waals surface area contributed by atoms with Gasteiger partial charge in [-0.25, -0.2) is 0 Å². The van der Waals surface area contributed by atoms with E-state index in [0.717, 1.165) is 47.1 Å². The van der Waals surface area contributed by atoms with Crippen LogP contribution in [0.25, 0.3) is 11.1 Å². The Hall–Kier alpha value is -2.09. The maximum Gasteiger partial charge on any atom is 0.227 e. The Morgan fingerprint density at radius 2 is 1.60 bits per heavy atom. The van der Waals surface area contributed by atoms with Crippen molar-refractivity contribution in [3.8, 4) is 22.6 Å². The maximum absolute atomic E-state index is 13.1. The molecule has 2 aromatic carbocycles. The van der Waals surface area contributed by atoms with E-state index in [9.17, 15) is 4.79 Å². The Labute approximate surface area is 186 Å². The van der Waals surface area contributed by atoms with Gasteiger partial charge in [-0.15, -0.1) is 0 Å². The lowest BCUT2D eigenvalue weighted by atomic mass is 9.95. The highest BCUT2D eigenvalue weighted by Crippen LogP contribution is 2.44. The van der Waals surface area contributed by atoms with Crippen molar-refractivity contribution in [3.63, 3.8) is 0 Å². The van der Waals surface area contributed by atoms with Gasteiger partial charge in [-0.1, -0.05) is 30.3 Å². The van der Waals surface area contributed by atoms with Crippen molar-refractivity contribution in [1.29, 1.82) is 0 Å². The van der Waals surface area contributed by atoms with Crippen LogP contribution in [0.4, 0.5) is 0 Å². The number of methoxy groups -OCH3 is 2. The molecule has 0 atom stereocenters. The van der Waals surface area contributed by atoms with Gasteiger partial charge < -0.3 is 23.8 Å². The Balaban J connectivity index is 2.07. The summed E-state index contributed by atoms with van der Waals surface area (Å²) in [6.07, 6.45) is 3.53. The van der Waals surface area contributed by atoms with Gasteiger partial charge >= 0.3 is 0 Å². The second kappa shape index (κ2) is 11.3. The fraction of sp³-hybridized carbons (Fsp3) is 0.435. The predicted molar refractivity (Wildman–Crippen MR) is 119 cm³/mol. The van der Waals surface area contributed by atoms with Crippen LogP contribution in [0.1, 0.15) is 24.8 Å². The molecule has 0 saturated carbocycles. The summed E-state index contributed by atoms with van der Waals surface area (Å²) >= 11 is 3.68. The van der Waals surface area contributed by atoms with Crippen LogP contribution in [0.15, 0.2) is 40.9 Å². The zero-order valence-electron chi connectivity index (χ0n) is 17.5. The van der Waals surface area contributed by atoms with E-state index in [-0.39, 0.29) is 25.9 Å². The first kappa shape index (κ1) is 22.6. The minimum Gasteiger partial charge on any atom is -0.467 e. The molecule has 1 heterocycles. The van der Waals surface area contributed by atoms with Crippen LogP contribution in [-0.4, -0.2) is 51.7 Å². The number of carbonyl (C=O) groups is 1. The lowest BCUT2D eigenvalue weighted by molar-refractivity contribution is -0.131. The maximum atomic E-state index is 13.1. The van der Waals surface area contributed by atoms with Crippen molar-refractivity contribution in [2.24, 2.45) is 0 Å². The van der Waals surface area contributed by atoms with Crippen LogP contribution < -0.4 is 9.47 Å². The molecule has 1 fully saturated rings. The van der Waals surface area contributed by atoms with Gasteiger partial charge in [0.15, 0.2) is 13.6 Å². The molecule has 1 amide bonds. The zero-order valence-corrected chi connectivity index (χ0v) is 19.1. The van der Waals surface area contributed by atoms with Crippen LogP contribution in [0.3, 0.4) is 0 Å². The number of halogens is 1. The number of hydrogen-bond donors (Lipinski definition) is 0. The average Bonchev–Trinajstić information content (AvgIpc) is 2.79. The molecule has 0 N–H and O–H groups in total. The van der Waals surface area contributed by atoms with Crippen molar-refractivity contribution < 1.29 is 23.7 Å². The molecule has 0 unspecified atom stereocenters. The number of piperidine rings is 1. The smallest absolute Gasteiger partial charge is 0.227 e. The fourth-order valence-corrected chi connectivity index (χ4v) is 4.19. The summed E-state index contributed by atoms with van der Waals surface area (Å²) in [5.41, 5.74) is 2.65. The van der Waals surface area contributed by atoms with Crippen molar-refractivity contribution in [2.75, 3.05) is 40.9 Å². The number of hydrogen-bond acceptors (Lipinski definition) is 5. The third-order valence-corrected chi connectivity index (χ3v) is 5.92. The monoisotopic (exact) mass is 477 g/mol. The Morgan fingerprint density at radius 1 is 0.967 bits per heavy atom. The van der Waals surface area contributed by atoms with Crippen molar-refractivity contribution >= 4 is 21.8 Å². The van der Waals surface area contributed by atoms with E-state index < -0.39 is 0 Å². The first-order chi connectivity index (χ1) is 14.7. The Kier molecular flexibility index (Phi) is 8.54. The van der Waals surface area contributed by atoms with Gasteiger partial charge in [0.2, 0.25) is 5.91 Å². The van der Waals surface area contributed by atoms with E-state index in [2.05, 4.69) is 15.9 Å². The first-order valence-corrected chi connectivity index (χ1v) is 10.9. The molecular weight excluding hydrogens is 450 g/mol. The van der Waals surface area contributed by atoms with Gasteiger partial charge in [-0.2, -0.15) is 0 Å². The molecule has 6 nitrogen and oxygen atoms in total. The van der Waals surface area contributed by atoms with Gasteiger partial charge in [-0.3, -0.25) is 4.79 Å². The first-order valence-electron chi connectivity index (χ1n) is 10.1. The van der Waals surface area contributed by atoms with E-state index in [1.807, 2.05) is 35.2 Å². The molecule has 162 valence electrons. The van der Waals surface area contributed by atoms with E-state index in [1.165, 1.54) is 6.42 Å². The van der Waals surface area contributed by atoms with Crippen LogP contribution in [-0.2, 0) is 20.7 Å². The third-order valence-electron chi connectivity index (χ3n) is 5.06. The number of carbonyl (C=O) groups excluding carboxylic acids is 1. The highest BCUT2D eigenvalue weighted by Gasteiger charge is 2.25. The van der Waals surface area contributed by atoms with Crippen LogP contribution >= 0.6 is 15.9 Å². The minimum absolute atomic E-state index is 0.0880. The quantitative estimate of drug-likeness (QED) is 0.492. The molecule has 7 heteroatoms. The molecular formula is C23H28BrNO5. The van der Waals surface area contributed by atoms with Gasteiger partial charge in [0.05, 0.1) is 10.9 Å². The van der Waals surface area contributed by atoms with Crippen molar-refractivity contribution in [2.45, 2.75) is 25.7 Å². The van der Waals surface area contributed by atoms with Crippen LogP contribution in [0, 0.1) is 0 Å². The molecule has 1 aliphatic rings. The van der Waals surface area contributed by atoms with E-state index in [1.54, 1.807) is 20.3 Å². The third kappa shape index (κ3) is 5.53. The largest absolute Gasteiger partial charge is 0.467 e. The second-order valence-electron chi connectivity index (χ2n) is 7.13. The van der Waals surface area contributed by atoms with Crippen LogP contribution in [0.5, 0.6) is 11.5 Å². The van der Waals surface area contributed by atoms with Crippen LogP contribution in [0.2, 0.25) is 0 Å². The molecule has 0 radical (unpaired) electrons. The Bertz CT molecular complexity index is 837. The number of rotatable bonds is 9. The SMILES string of the molecule is COCOc1cc(OCOC)c(-c2ccccc2)c(CC(=O)N2CCCCC2)c1Br. The van der Waals surface area contributed by atoms with E-state index >= 15 is 0 Å². The molecule has 1 aliphatic heterocycles. The van der Waals surface area contributed by atoms with Crippen molar-refractivity contribution in [3.05, 3.63) is 46.4 Å². The average molecular weight is 478 g/mol. The topological polar surface area (TPSA) is 57.2 Å². The fourth-order valence-electron chi connectivity index (χ4n) is 3.62. The Morgan fingerprint density at radius 3 is 2.23 bits per heavy atom. The minimum atomic E-state index is 0.0880. The number of ether oxygens (including phenoxy) is 4.